The zero-order valence-electron chi connectivity index (χ0n) is 10.7. The average molecular weight is 275 g/mol. The van der Waals surface area contributed by atoms with Crippen molar-refractivity contribution < 1.29 is 18.1 Å². The summed E-state index contributed by atoms with van der Waals surface area (Å²) in [7, 11) is -0.795. The van der Waals surface area contributed by atoms with Crippen LogP contribution < -0.4 is 5.46 Å². The van der Waals surface area contributed by atoms with Crippen LogP contribution in [0, 0.1) is 11.6 Å². The van der Waals surface area contributed by atoms with E-state index in [-0.39, 0.29) is 5.46 Å². The van der Waals surface area contributed by atoms with Crippen molar-refractivity contribution in [1.82, 2.24) is 0 Å². The molecule has 18 heavy (non-hydrogen) atoms. The summed E-state index contributed by atoms with van der Waals surface area (Å²) in [5, 5.41) is -0.518. The van der Waals surface area contributed by atoms with Gasteiger partial charge in [0.25, 0.3) is 0 Å². The third-order valence-corrected chi connectivity index (χ3v) is 3.89. The Labute approximate surface area is 110 Å². The summed E-state index contributed by atoms with van der Waals surface area (Å²) in [6.45, 7) is 7.48. The zero-order chi connectivity index (χ0) is 13.7. The van der Waals surface area contributed by atoms with Crippen LogP contribution in [0.1, 0.15) is 27.7 Å². The van der Waals surface area contributed by atoms with E-state index in [0.717, 1.165) is 12.1 Å². The number of hydrogen-bond donors (Lipinski definition) is 0. The molecule has 1 aliphatic rings. The highest BCUT2D eigenvalue weighted by molar-refractivity contribution is 6.62. The van der Waals surface area contributed by atoms with Crippen molar-refractivity contribution in [2.75, 3.05) is 0 Å². The Balaban J connectivity index is 2.36. The summed E-state index contributed by atoms with van der Waals surface area (Å²) >= 11 is 5.44. The molecule has 0 spiro atoms. The fraction of sp³-hybridized carbons (Fsp3) is 0.500. The van der Waals surface area contributed by atoms with E-state index in [0.29, 0.717) is 0 Å². The quantitative estimate of drug-likeness (QED) is 0.579. The fourth-order valence-corrected chi connectivity index (χ4v) is 1.80. The van der Waals surface area contributed by atoms with E-state index in [2.05, 4.69) is 0 Å². The second-order valence-electron chi connectivity index (χ2n) is 5.39. The van der Waals surface area contributed by atoms with Crippen LogP contribution in [0.15, 0.2) is 12.1 Å². The van der Waals surface area contributed by atoms with Crippen LogP contribution in [-0.4, -0.2) is 18.3 Å². The SMILES string of the molecule is CC1(C)OB(c2cc(F)c(Cl)c(F)c2)OC1(C)C. The van der Waals surface area contributed by atoms with Gasteiger partial charge in [-0.15, -0.1) is 0 Å². The van der Waals surface area contributed by atoms with Crippen LogP contribution in [0.5, 0.6) is 0 Å². The Morgan fingerprint density at radius 1 is 1.00 bits per heavy atom. The van der Waals surface area contributed by atoms with Gasteiger partial charge < -0.3 is 9.31 Å². The van der Waals surface area contributed by atoms with Crippen molar-refractivity contribution in [2.24, 2.45) is 0 Å². The molecule has 0 unspecified atom stereocenters. The minimum Gasteiger partial charge on any atom is -0.399 e. The molecule has 6 heteroatoms. The summed E-state index contributed by atoms with van der Waals surface area (Å²) in [6.07, 6.45) is 0. The van der Waals surface area contributed by atoms with Gasteiger partial charge in [-0.2, -0.15) is 0 Å². The van der Waals surface area contributed by atoms with E-state index >= 15 is 0 Å². The first-order valence-corrected chi connectivity index (χ1v) is 6.02. The van der Waals surface area contributed by atoms with E-state index < -0.39 is 35.0 Å². The predicted molar refractivity (Wildman–Crippen MR) is 67.1 cm³/mol. The molecular formula is C12H14BClF2O2. The molecule has 1 aliphatic heterocycles. The monoisotopic (exact) mass is 274 g/mol. The van der Waals surface area contributed by atoms with Gasteiger partial charge in [0.2, 0.25) is 0 Å². The molecule has 0 bridgehead atoms. The van der Waals surface area contributed by atoms with Crippen molar-refractivity contribution >= 4 is 24.2 Å². The maximum Gasteiger partial charge on any atom is 0.495 e. The molecule has 0 amide bonds. The molecule has 0 aliphatic carbocycles. The van der Waals surface area contributed by atoms with E-state index in [1.807, 2.05) is 27.7 Å². The number of halogens is 3. The lowest BCUT2D eigenvalue weighted by atomic mass is 9.79. The van der Waals surface area contributed by atoms with Gasteiger partial charge in [0.1, 0.15) is 16.7 Å². The minimum atomic E-state index is -0.818. The highest BCUT2D eigenvalue weighted by atomic mass is 35.5. The molecule has 0 atom stereocenters. The highest BCUT2D eigenvalue weighted by Gasteiger charge is 2.51. The molecule has 1 aromatic carbocycles. The Morgan fingerprint density at radius 2 is 1.39 bits per heavy atom. The number of hydrogen-bond acceptors (Lipinski definition) is 2. The average Bonchev–Trinajstić information content (AvgIpc) is 2.44. The molecule has 1 heterocycles. The summed E-state index contributed by atoms with van der Waals surface area (Å²) in [5.41, 5.74) is -0.817. The van der Waals surface area contributed by atoms with Gasteiger partial charge in [-0.3, -0.25) is 0 Å². The van der Waals surface area contributed by atoms with Crippen molar-refractivity contribution in [1.29, 1.82) is 0 Å². The molecule has 1 saturated heterocycles. The van der Waals surface area contributed by atoms with Crippen LogP contribution in [0.4, 0.5) is 8.78 Å². The van der Waals surface area contributed by atoms with E-state index in [9.17, 15) is 8.78 Å². The molecule has 0 N–H and O–H groups in total. The Morgan fingerprint density at radius 3 is 1.78 bits per heavy atom. The van der Waals surface area contributed by atoms with E-state index in [1.54, 1.807) is 0 Å². The molecule has 98 valence electrons. The van der Waals surface area contributed by atoms with Crippen molar-refractivity contribution in [3.05, 3.63) is 28.8 Å². The predicted octanol–water partition coefficient (Wildman–Crippen LogP) is 2.92. The normalized spacial score (nSPS) is 21.4. The number of rotatable bonds is 1. The maximum absolute atomic E-state index is 13.4. The van der Waals surface area contributed by atoms with Crippen LogP contribution in [0.25, 0.3) is 0 Å². The van der Waals surface area contributed by atoms with Gasteiger partial charge in [-0.25, -0.2) is 8.78 Å². The Kier molecular flexibility index (Phi) is 3.20. The topological polar surface area (TPSA) is 18.5 Å². The highest BCUT2D eigenvalue weighted by Crippen LogP contribution is 2.36. The van der Waals surface area contributed by atoms with Gasteiger partial charge in [-0.1, -0.05) is 11.6 Å². The molecule has 0 saturated carbocycles. The molecule has 2 nitrogen and oxygen atoms in total. The lowest BCUT2D eigenvalue weighted by Gasteiger charge is -2.32. The van der Waals surface area contributed by atoms with E-state index in [4.69, 9.17) is 20.9 Å². The second-order valence-corrected chi connectivity index (χ2v) is 5.76. The molecule has 0 aromatic heterocycles. The minimum absolute atomic E-state index is 0.285. The summed E-state index contributed by atoms with van der Waals surface area (Å²) in [6, 6.07) is 2.27. The summed E-state index contributed by atoms with van der Waals surface area (Å²) in [5.74, 6) is -1.64. The third-order valence-electron chi connectivity index (χ3n) is 3.53. The Bertz CT molecular complexity index is 452. The van der Waals surface area contributed by atoms with Gasteiger partial charge in [0.15, 0.2) is 0 Å². The third kappa shape index (κ3) is 2.15. The first kappa shape index (κ1) is 13.8. The van der Waals surface area contributed by atoms with Crippen molar-refractivity contribution in [3.8, 4) is 0 Å². The molecule has 2 rings (SSSR count). The summed E-state index contributed by atoms with van der Waals surface area (Å²) < 4.78 is 38.2. The van der Waals surface area contributed by atoms with Crippen LogP contribution >= 0.6 is 11.6 Å². The van der Waals surface area contributed by atoms with Crippen LogP contribution in [0.2, 0.25) is 5.02 Å². The van der Waals surface area contributed by atoms with Crippen LogP contribution in [0.3, 0.4) is 0 Å². The van der Waals surface area contributed by atoms with Gasteiger partial charge in [0.05, 0.1) is 11.2 Å². The standard InChI is InChI=1S/C12H14BClF2O2/c1-11(2)12(3,4)18-13(17-11)7-5-8(15)10(14)9(16)6-7/h5-6H,1-4H3. The first-order valence-electron chi connectivity index (χ1n) is 5.64. The molecule has 0 radical (unpaired) electrons. The van der Waals surface area contributed by atoms with Gasteiger partial charge in [-0.05, 0) is 45.3 Å². The van der Waals surface area contributed by atoms with Crippen LogP contribution in [-0.2, 0) is 9.31 Å². The maximum atomic E-state index is 13.4. The van der Waals surface area contributed by atoms with Crippen molar-refractivity contribution in [3.63, 3.8) is 0 Å². The lowest BCUT2D eigenvalue weighted by Crippen LogP contribution is -2.41. The second kappa shape index (κ2) is 4.18. The smallest absolute Gasteiger partial charge is 0.399 e. The van der Waals surface area contributed by atoms with Gasteiger partial charge >= 0.3 is 7.12 Å². The number of benzene rings is 1. The lowest BCUT2D eigenvalue weighted by molar-refractivity contribution is 0.00578. The molecule has 1 fully saturated rings. The fourth-order valence-electron chi connectivity index (χ4n) is 1.69. The molecule has 1 aromatic rings. The first-order chi connectivity index (χ1) is 8.14. The van der Waals surface area contributed by atoms with Gasteiger partial charge in [0, 0.05) is 0 Å². The largest absolute Gasteiger partial charge is 0.495 e. The zero-order valence-corrected chi connectivity index (χ0v) is 11.4. The Hall–Kier alpha value is -0.645. The summed E-state index contributed by atoms with van der Waals surface area (Å²) in [4.78, 5) is 0. The van der Waals surface area contributed by atoms with Crippen molar-refractivity contribution in [2.45, 2.75) is 38.9 Å². The molecular weight excluding hydrogens is 260 g/mol. The van der Waals surface area contributed by atoms with E-state index in [1.165, 1.54) is 0 Å².